The fraction of sp³-hybridized carbons (Fsp3) is 0.200. The molecule has 1 unspecified atom stereocenters. The van der Waals surface area contributed by atoms with E-state index >= 15 is 0 Å². The summed E-state index contributed by atoms with van der Waals surface area (Å²) in [5.74, 6) is 1.49. The maximum absolute atomic E-state index is 10.3. The summed E-state index contributed by atoms with van der Waals surface area (Å²) >= 11 is 3.41. The summed E-state index contributed by atoms with van der Waals surface area (Å²) in [4.78, 5) is 0. The molecule has 0 bridgehead atoms. The number of ether oxygens (including phenoxy) is 2. The van der Waals surface area contributed by atoms with Gasteiger partial charge in [0.05, 0.1) is 10.6 Å². The lowest BCUT2D eigenvalue weighted by Gasteiger charge is -2.13. The third kappa shape index (κ3) is 2.59. The van der Waals surface area contributed by atoms with E-state index in [9.17, 15) is 10.2 Å². The number of aliphatic hydroxyl groups excluding tert-OH is 1. The predicted octanol–water partition coefficient (Wildman–Crippen LogP) is 3.16. The zero-order valence-electron chi connectivity index (χ0n) is 10.5. The number of rotatable bonds is 3. The Morgan fingerprint density at radius 3 is 2.85 bits per heavy atom. The van der Waals surface area contributed by atoms with Gasteiger partial charge in [0.1, 0.15) is 5.75 Å². The van der Waals surface area contributed by atoms with Gasteiger partial charge in [0.2, 0.25) is 6.79 Å². The highest BCUT2D eigenvalue weighted by Gasteiger charge is 2.20. The molecule has 0 fully saturated rings. The summed E-state index contributed by atoms with van der Waals surface area (Å²) in [5, 5.41) is 19.8. The van der Waals surface area contributed by atoms with Gasteiger partial charge in [0.25, 0.3) is 0 Å². The molecule has 1 heterocycles. The van der Waals surface area contributed by atoms with E-state index in [0.29, 0.717) is 17.9 Å². The minimum absolute atomic E-state index is 0.194. The first-order chi connectivity index (χ1) is 9.63. The second kappa shape index (κ2) is 5.34. The Morgan fingerprint density at radius 1 is 1.20 bits per heavy atom. The largest absolute Gasteiger partial charge is 0.508 e. The van der Waals surface area contributed by atoms with E-state index in [1.54, 1.807) is 24.3 Å². The van der Waals surface area contributed by atoms with E-state index in [0.717, 1.165) is 15.6 Å². The molecule has 0 aromatic heterocycles. The molecule has 5 heteroatoms. The van der Waals surface area contributed by atoms with Gasteiger partial charge in [-0.25, -0.2) is 0 Å². The van der Waals surface area contributed by atoms with Crippen molar-refractivity contribution in [1.82, 2.24) is 0 Å². The van der Waals surface area contributed by atoms with E-state index in [1.807, 2.05) is 12.1 Å². The maximum Gasteiger partial charge on any atom is 0.231 e. The van der Waals surface area contributed by atoms with Gasteiger partial charge in [-0.1, -0.05) is 12.1 Å². The number of fused-ring (bicyclic) bond motifs is 1. The monoisotopic (exact) mass is 336 g/mol. The Hall–Kier alpha value is -1.72. The third-order valence-corrected chi connectivity index (χ3v) is 3.76. The molecule has 1 atom stereocenters. The van der Waals surface area contributed by atoms with Crippen LogP contribution in [0.5, 0.6) is 17.2 Å². The van der Waals surface area contributed by atoms with Crippen LogP contribution >= 0.6 is 15.9 Å². The molecule has 3 rings (SSSR count). The van der Waals surface area contributed by atoms with Crippen LogP contribution in [0.1, 0.15) is 17.2 Å². The number of hydrogen-bond acceptors (Lipinski definition) is 4. The smallest absolute Gasteiger partial charge is 0.231 e. The van der Waals surface area contributed by atoms with Gasteiger partial charge < -0.3 is 19.7 Å². The van der Waals surface area contributed by atoms with Crippen molar-refractivity contribution in [1.29, 1.82) is 0 Å². The normalized spacial score (nSPS) is 14.3. The summed E-state index contributed by atoms with van der Waals surface area (Å²) in [5.41, 5.74) is 1.61. The average Bonchev–Trinajstić information content (AvgIpc) is 2.87. The summed E-state index contributed by atoms with van der Waals surface area (Å²) in [7, 11) is 0. The van der Waals surface area contributed by atoms with E-state index in [4.69, 9.17) is 9.47 Å². The Morgan fingerprint density at radius 2 is 2.05 bits per heavy atom. The number of hydrogen-bond donors (Lipinski definition) is 2. The van der Waals surface area contributed by atoms with Gasteiger partial charge in [-0.05, 0) is 51.3 Å². The van der Waals surface area contributed by atoms with Crippen LogP contribution in [0.2, 0.25) is 0 Å². The molecule has 0 spiro atoms. The molecule has 0 saturated heterocycles. The summed E-state index contributed by atoms with van der Waals surface area (Å²) in [6, 6.07) is 10.5. The Balaban J connectivity index is 1.84. The Labute approximate surface area is 124 Å². The van der Waals surface area contributed by atoms with Crippen LogP contribution < -0.4 is 9.47 Å². The first-order valence-corrected chi connectivity index (χ1v) is 6.98. The van der Waals surface area contributed by atoms with Crippen molar-refractivity contribution in [3.05, 3.63) is 52.0 Å². The van der Waals surface area contributed by atoms with E-state index in [1.165, 1.54) is 0 Å². The maximum atomic E-state index is 10.3. The second-order valence-electron chi connectivity index (χ2n) is 4.63. The number of halogens is 1. The summed E-state index contributed by atoms with van der Waals surface area (Å²) in [6.07, 6.45) is -0.261. The Kier molecular flexibility index (Phi) is 3.54. The molecule has 1 aliphatic heterocycles. The zero-order valence-corrected chi connectivity index (χ0v) is 12.1. The molecule has 0 saturated carbocycles. The van der Waals surface area contributed by atoms with Crippen molar-refractivity contribution in [3.63, 3.8) is 0 Å². The van der Waals surface area contributed by atoms with Gasteiger partial charge in [-0.3, -0.25) is 0 Å². The highest BCUT2D eigenvalue weighted by atomic mass is 79.9. The van der Waals surface area contributed by atoms with Gasteiger partial charge in [-0.15, -0.1) is 0 Å². The fourth-order valence-corrected chi connectivity index (χ4v) is 2.78. The van der Waals surface area contributed by atoms with Crippen LogP contribution in [0.3, 0.4) is 0 Å². The van der Waals surface area contributed by atoms with Gasteiger partial charge >= 0.3 is 0 Å². The molecule has 2 N–H and O–H groups in total. The van der Waals surface area contributed by atoms with Crippen molar-refractivity contribution >= 4 is 15.9 Å². The topological polar surface area (TPSA) is 58.9 Å². The molecule has 0 amide bonds. The van der Waals surface area contributed by atoms with Crippen LogP contribution in [-0.4, -0.2) is 17.0 Å². The predicted molar refractivity (Wildman–Crippen MR) is 77.0 cm³/mol. The molecule has 4 nitrogen and oxygen atoms in total. The Bertz CT molecular complexity index is 642. The summed E-state index contributed by atoms with van der Waals surface area (Å²) < 4.78 is 11.4. The summed E-state index contributed by atoms with van der Waals surface area (Å²) in [6.45, 7) is 0.194. The molecule has 2 aromatic carbocycles. The quantitative estimate of drug-likeness (QED) is 0.903. The molecular weight excluding hydrogens is 324 g/mol. The van der Waals surface area contributed by atoms with Crippen molar-refractivity contribution < 1.29 is 19.7 Å². The number of aliphatic hydroxyl groups is 1. The van der Waals surface area contributed by atoms with Crippen molar-refractivity contribution in [3.8, 4) is 17.2 Å². The molecule has 20 heavy (non-hydrogen) atoms. The lowest BCUT2D eigenvalue weighted by atomic mass is 10.0. The highest BCUT2D eigenvalue weighted by Crippen LogP contribution is 2.41. The fourth-order valence-electron chi connectivity index (χ4n) is 2.20. The van der Waals surface area contributed by atoms with Gasteiger partial charge in [0, 0.05) is 6.42 Å². The second-order valence-corrected chi connectivity index (χ2v) is 5.48. The van der Waals surface area contributed by atoms with Gasteiger partial charge in [0.15, 0.2) is 11.5 Å². The van der Waals surface area contributed by atoms with Crippen LogP contribution in [0.25, 0.3) is 0 Å². The minimum Gasteiger partial charge on any atom is -0.508 e. The standard InChI is InChI=1S/C15H13BrO4/c16-12-6-10(7-14-15(12)20-8-19-14)13(18)5-9-2-1-3-11(17)4-9/h1-4,6-7,13,17-18H,5,8H2. The molecule has 1 aliphatic rings. The van der Waals surface area contributed by atoms with Crippen LogP contribution in [0.15, 0.2) is 40.9 Å². The third-order valence-electron chi connectivity index (χ3n) is 3.17. The molecular formula is C15H13BrO4. The number of phenolic OH excluding ortho intramolecular Hbond substituents is 1. The molecule has 0 aliphatic carbocycles. The van der Waals surface area contributed by atoms with E-state index < -0.39 is 6.10 Å². The average molecular weight is 337 g/mol. The van der Waals surface area contributed by atoms with Crippen LogP contribution in [-0.2, 0) is 6.42 Å². The SMILES string of the molecule is Oc1cccc(CC(O)c2cc(Br)c3c(c2)OCO3)c1. The molecule has 0 radical (unpaired) electrons. The van der Waals surface area contributed by atoms with E-state index in [-0.39, 0.29) is 12.5 Å². The van der Waals surface area contributed by atoms with E-state index in [2.05, 4.69) is 15.9 Å². The van der Waals surface area contributed by atoms with Crippen LogP contribution in [0, 0.1) is 0 Å². The molecule has 2 aromatic rings. The van der Waals surface area contributed by atoms with Crippen molar-refractivity contribution in [2.75, 3.05) is 6.79 Å². The van der Waals surface area contributed by atoms with Crippen molar-refractivity contribution in [2.45, 2.75) is 12.5 Å². The first kappa shape index (κ1) is 13.3. The number of phenols is 1. The lowest BCUT2D eigenvalue weighted by Crippen LogP contribution is -2.02. The number of benzene rings is 2. The zero-order chi connectivity index (χ0) is 14.1. The van der Waals surface area contributed by atoms with Crippen molar-refractivity contribution in [2.24, 2.45) is 0 Å². The lowest BCUT2D eigenvalue weighted by molar-refractivity contribution is 0.171. The first-order valence-electron chi connectivity index (χ1n) is 6.18. The highest BCUT2D eigenvalue weighted by molar-refractivity contribution is 9.10. The minimum atomic E-state index is -0.678. The number of aromatic hydroxyl groups is 1. The molecule has 104 valence electrons. The van der Waals surface area contributed by atoms with Crippen LogP contribution in [0.4, 0.5) is 0 Å². The van der Waals surface area contributed by atoms with Gasteiger partial charge in [-0.2, -0.15) is 0 Å².